The molecule has 6 heteroatoms. The van der Waals surface area contributed by atoms with E-state index in [4.69, 9.17) is 14.2 Å². The van der Waals surface area contributed by atoms with Gasteiger partial charge in [0.25, 0.3) is 0 Å². The largest absolute Gasteiger partial charge is 0.494 e. The van der Waals surface area contributed by atoms with Crippen LogP contribution in [0.15, 0.2) is 18.2 Å². The van der Waals surface area contributed by atoms with Crippen LogP contribution < -0.4 is 14.4 Å². The maximum Gasteiger partial charge on any atom is 0.311 e. The fraction of sp³-hybridized carbons (Fsp3) is 0.500. The fourth-order valence-corrected chi connectivity index (χ4v) is 2.51. The Morgan fingerprint density at radius 2 is 2.00 bits per heavy atom. The topological polar surface area (TPSA) is 65.1 Å². The van der Waals surface area contributed by atoms with E-state index >= 15 is 0 Å². The van der Waals surface area contributed by atoms with Gasteiger partial charge in [0, 0.05) is 19.0 Å². The van der Waals surface area contributed by atoms with E-state index in [0.29, 0.717) is 36.9 Å². The van der Waals surface area contributed by atoms with E-state index in [2.05, 4.69) is 0 Å². The van der Waals surface area contributed by atoms with E-state index in [1.54, 1.807) is 23.1 Å². The Bertz CT molecular complexity index is 557. The number of rotatable bonds is 6. The standard InChI is InChI=1S/C16H21NO5/c1-4-21-12-6-7-14(22-5-2)13(9-12)17-10-11(8-15(17)18)16(19)20-3/h6-7,9,11H,4-5,8,10H2,1-3H3. The quantitative estimate of drug-likeness (QED) is 0.752. The summed E-state index contributed by atoms with van der Waals surface area (Å²) < 4.78 is 15.8. The lowest BCUT2D eigenvalue weighted by atomic mass is 10.1. The number of carbonyl (C=O) groups is 2. The van der Waals surface area contributed by atoms with Gasteiger partial charge in [0.1, 0.15) is 11.5 Å². The monoisotopic (exact) mass is 307 g/mol. The molecule has 2 rings (SSSR count). The zero-order valence-electron chi connectivity index (χ0n) is 13.1. The molecule has 1 heterocycles. The Kier molecular flexibility index (Phi) is 5.25. The number of amides is 1. The molecule has 0 spiro atoms. The number of methoxy groups -OCH3 is 1. The summed E-state index contributed by atoms with van der Waals surface area (Å²) >= 11 is 0. The van der Waals surface area contributed by atoms with Gasteiger partial charge in [-0.2, -0.15) is 0 Å². The number of hydrogen-bond donors (Lipinski definition) is 0. The average Bonchev–Trinajstić information content (AvgIpc) is 2.90. The number of benzene rings is 1. The van der Waals surface area contributed by atoms with Crippen LogP contribution in [0.2, 0.25) is 0 Å². The van der Waals surface area contributed by atoms with E-state index in [1.807, 2.05) is 13.8 Å². The van der Waals surface area contributed by atoms with E-state index in [0.717, 1.165) is 0 Å². The highest BCUT2D eigenvalue weighted by Crippen LogP contribution is 2.36. The van der Waals surface area contributed by atoms with Crippen LogP contribution in [0.4, 0.5) is 5.69 Å². The molecule has 0 aromatic heterocycles. The first-order valence-electron chi connectivity index (χ1n) is 7.38. The number of carbonyl (C=O) groups excluding carboxylic acids is 2. The molecule has 0 radical (unpaired) electrons. The van der Waals surface area contributed by atoms with E-state index in [1.165, 1.54) is 7.11 Å². The average molecular weight is 307 g/mol. The number of anilines is 1. The van der Waals surface area contributed by atoms with Gasteiger partial charge in [-0.05, 0) is 26.0 Å². The number of nitrogens with zero attached hydrogens (tertiary/aromatic N) is 1. The summed E-state index contributed by atoms with van der Waals surface area (Å²) in [5, 5.41) is 0. The third-order valence-electron chi connectivity index (χ3n) is 3.49. The van der Waals surface area contributed by atoms with Gasteiger partial charge < -0.3 is 19.1 Å². The molecule has 22 heavy (non-hydrogen) atoms. The number of ether oxygens (including phenoxy) is 3. The van der Waals surface area contributed by atoms with Crippen molar-refractivity contribution >= 4 is 17.6 Å². The lowest BCUT2D eigenvalue weighted by Crippen LogP contribution is -2.26. The summed E-state index contributed by atoms with van der Waals surface area (Å²) in [5.41, 5.74) is 0.629. The first kappa shape index (κ1) is 16.1. The first-order valence-corrected chi connectivity index (χ1v) is 7.38. The molecule has 0 aliphatic carbocycles. The summed E-state index contributed by atoms with van der Waals surface area (Å²) in [7, 11) is 1.33. The van der Waals surface area contributed by atoms with Crippen molar-refractivity contribution in [2.45, 2.75) is 20.3 Å². The second-order valence-electron chi connectivity index (χ2n) is 4.92. The molecule has 0 saturated carbocycles. The number of esters is 1. The Morgan fingerprint density at radius 1 is 1.27 bits per heavy atom. The van der Waals surface area contributed by atoms with Crippen LogP contribution in [-0.2, 0) is 14.3 Å². The zero-order valence-corrected chi connectivity index (χ0v) is 13.1. The van der Waals surface area contributed by atoms with E-state index in [-0.39, 0.29) is 18.3 Å². The van der Waals surface area contributed by atoms with Crippen molar-refractivity contribution in [2.24, 2.45) is 5.92 Å². The van der Waals surface area contributed by atoms with Crippen molar-refractivity contribution < 1.29 is 23.8 Å². The molecule has 1 aromatic carbocycles. The molecule has 6 nitrogen and oxygen atoms in total. The lowest BCUT2D eigenvalue weighted by Gasteiger charge is -2.21. The molecular formula is C16H21NO5. The SMILES string of the molecule is CCOc1ccc(OCC)c(N2CC(C(=O)OC)CC2=O)c1. The van der Waals surface area contributed by atoms with Crippen LogP contribution in [0.1, 0.15) is 20.3 Å². The minimum Gasteiger partial charge on any atom is -0.494 e. The predicted octanol–water partition coefficient (Wildman–Crippen LogP) is 2.01. The van der Waals surface area contributed by atoms with Crippen LogP contribution in [0.5, 0.6) is 11.5 Å². The fourth-order valence-electron chi connectivity index (χ4n) is 2.51. The molecule has 1 fully saturated rings. The highest BCUT2D eigenvalue weighted by atomic mass is 16.5. The molecule has 1 atom stereocenters. The highest BCUT2D eigenvalue weighted by molar-refractivity contribution is 6.00. The summed E-state index contributed by atoms with van der Waals surface area (Å²) in [4.78, 5) is 25.5. The Balaban J connectivity index is 2.30. The van der Waals surface area contributed by atoms with Crippen molar-refractivity contribution in [3.63, 3.8) is 0 Å². The van der Waals surface area contributed by atoms with Crippen LogP contribution in [0.25, 0.3) is 0 Å². The van der Waals surface area contributed by atoms with Gasteiger partial charge in [0.15, 0.2) is 0 Å². The molecule has 120 valence electrons. The van der Waals surface area contributed by atoms with Crippen LogP contribution in [0, 0.1) is 5.92 Å². The molecule has 1 aliphatic heterocycles. The molecule has 1 amide bonds. The highest BCUT2D eigenvalue weighted by Gasteiger charge is 2.37. The van der Waals surface area contributed by atoms with Crippen LogP contribution in [-0.4, -0.2) is 38.7 Å². The minimum absolute atomic E-state index is 0.120. The van der Waals surface area contributed by atoms with Crippen molar-refractivity contribution in [1.29, 1.82) is 0 Å². The number of hydrogen-bond acceptors (Lipinski definition) is 5. The molecule has 0 bridgehead atoms. The molecule has 1 unspecified atom stereocenters. The Morgan fingerprint density at radius 3 is 2.64 bits per heavy atom. The van der Waals surface area contributed by atoms with Crippen LogP contribution >= 0.6 is 0 Å². The van der Waals surface area contributed by atoms with Gasteiger partial charge in [-0.1, -0.05) is 0 Å². The van der Waals surface area contributed by atoms with Gasteiger partial charge in [-0.25, -0.2) is 0 Å². The third kappa shape index (κ3) is 3.32. The second-order valence-corrected chi connectivity index (χ2v) is 4.92. The van der Waals surface area contributed by atoms with Crippen molar-refractivity contribution in [3.8, 4) is 11.5 Å². The molecule has 1 aromatic rings. The molecular weight excluding hydrogens is 286 g/mol. The predicted molar refractivity (Wildman–Crippen MR) is 81.3 cm³/mol. The van der Waals surface area contributed by atoms with E-state index < -0.39 is 5.92 Å². The Labute approximate surface area is 129 Å². The molecule has 0 N–H and O–H groups in total. The van der Waals surface area contributed by atoms with Crippen molar-refractivity contribution in [2.75, 3.05) is 31.8 Å². The summed E-state index contributed by atoms with van der Waals surface area (Å²) in [6.45, 7) is 5.09. The smallest absolute Gasteiger partial charge is 0.311 e. The third-order valence-corrected chi connectivity index (χ3v) is 3.49. The minimum atomic E-state index is -0.442. The van der Waals surface area contributed by atoms with Gasteiger partial charge in [0.2, 0.25) is 5.91 Å². The maximum absolute atomic E-state index is 12.3. The zero-order chi connectivity index (χ0) is 16.1. The Hall–Kier alpha value is -2.24. The second kappa shape index (κ2) is 7.15. The molecule has 1 aliphatic rings. The van der Waals surface area contributed by atoms with Gasteiger partial charge >= 0.3 is 5.97 Å². The maximum atomic E-state index is 12.3. The van der Waals surface area contributed by atoms with Crippen molar-refractivity contribution in [1.82, 2.24) is 0 Å². The van der Waals surface area contributed by atoms with E-state index in [9.17, 15) is 9.59 Å². The summed E-state index contributed by atoms with van der Waals surface area (Å²) in [5.74, 6) is 0.336. The van der Waals surface area contributed by atoms with Gasteiger partial charge in [-0.3, -0.25) is 9.59 Å². The van der Waals surface area contributed by atoms with Crippen LogP contribution in [0.3, 0.4) is 0 Å². The van der Waals surface area contributed by atoms with Gasteiger partial charge in [0.05, 0.1) is 31.9 Å². The van der Waals surface area contributed by atoms with Crippen molar-refractivity contribution in [3.05, 3.63) is 18.2 Å². The molecule has 1 saturated heterocycles. The first-order chi connectivity index (χ1) is 10.6. The normalized spacial score (nSPS) is 17.5. The summed E-state index contributed by atoms with van der Waals surface area (Å²) in [6, 6.07) is 5.35. The summed E-state index contributed by atoms with van der Waals surface area (Å²) in [6.07, 6.45) is 0.150. The lowest BCUT2D eigenvalue weighted by molar-refractivity contribution is -0.145. The van der Waals surface area contributed by atoms with Gasteiger partial charge in [-0.15, -0.1) is 0 Å².